The van der Waals surface area contributed by atoms with Gasteiger partial charge >= 0.3 is 5.97 Å². The minimum Gasteiger partial charge on any atom is -0.479 e. The number of aliphatic carboxylic acids is 1. The van der Waals surface area contributed by atoms with Crippen LogP contribution < -0.4 is 5.32 Å². The van der Waals surface area contributed by atoms with Gasteiger partial charge in [-0.05, 0) is 16.3 Å². The number of ether oxygens (including phenoxy) is 1. The van der Waals surface area contributed by atoms with Gasteiger partial charge in [0, 0.05) is 13.0 Å². The normalized spacial score (nSPS) is 23.6. The average Bonchev–Trinajstić information content (AvgIpc) is 3.27. The van der Waals surface area contributed by atoms with Gasteiger partial charge in [-0.1, -0.05) is 42.5 Å². The van der Waals surface area contributed by atoms with E-state index in [4.69, 9.17) is 4.74 Å². The number of nitrogens with zero attached hydrogens (tertiary/aromatic N) is 1. The van der Waals surface area contributed by atoms with Crippen LogP contribution in [-0.2, 0) is 25.5 Å². The van der Waals surface area contributed by atoms with Crippen molar-refractivity contribution in [3.63, 3.8) is 0 Å². The molecule has 7 heteroatoms. The van der Waals surface area contributed by atoms with Crippen molar-refractivity contribution in [2.24, 2.45) is 0 Å². The maximum absolute atomic E-state index is 12.5. The molecule has 2 heterocycles. The third-order valence-corrected chi connectivity index (χ3v) is 5.39. The molecule has 2 amide bonds. The molecule has 7 nitrogen and oxygen atoms in total. The Morgan fingerprint density at radius 3 is 2.74 bits per heavy atom. The molecule has 0 spiro atoms. The Hall–Kier alpha value is -2.93. The Balaban J connectivity index is 1.39. The van der Waals surface area contributed by atoms with Crippen molar-refractivity contribution in [3.8, 4) is 0 Å². The van der Waals surface area contributed by atoms with Crippen LogP contribution >= 0.6 is 0 Å². The van der Waals surface area contributed by atoms with E-state index in [-0.39, 0.29) is 38.1 Å². The van der Waals surface area contributed by atoms with E-state index in [2.05, 4.69) is 5.32 Å². The fourth-order valence-electron chi connectivity index (χ4n) is 3.99. The molecule has 2 aliphatic heterocycles. The summed E-state index contributed by atoms with van der Waals surface area (Å²) < 4.78 is 5.38. The maximum atomic E-state index is 12.5. The monoisotopic (exact) mass is 368 g/mol. The van der Waals surface area contributed by atoms with Crippen LogP contribution in [0.25, 0.3) is 10.8 Å². The number of amides is 2. The predicted octanol–water partition coefficient (Wildman–Crippen LogP) is 0.953. The highest BCUT2D eigenvalue weighted by atomic mass is 16.5. The van der Waals surface area contributed by atoms with Crippen molar-refractivity contribution in [1.82, 2.24) is 10.2 Å². The molecule has 0 aromatic heterocycles. The Morgan fingerprint density at radius 1 is 1.19 bits per heavy atom. The molecule has 2 saturated heterocycles. The fourth-order valence-corrected chi connectivity index (χ4v) is 3.99. The Bertz CT molecular complexity index is 922. The van der Waals surface area contributed by atoms with Crippen molar-refractivity contribution in [2.75, 3.05) is 19.7 Å². The lowest BCUT2D eigenvalue weighted by molar-refractivity contribution is -0.161. The van der Waals surface area contributed by atoms with Gasteiger partial charge in [-0.3, -0.25) is 9.59 Å². The summed E-state index contributed by atoms with van der Waals surface area (Å²) in [7, 11) is 0. The van der Waals surface area contributed by atoms with Crippen LogP contribution in [-0.4, -0.2) is 59.1 Å². The van der Waals surface area contributed by atoms with E-state index in [0.29, 0.717) is 6.42 Å². The molecule has 0 saturated carbocycles. The third-order valence-electron chi connectivity index (χ3n) is 5.39. The number of hydrogen-bond donors (Lipinski definition) is 2. The zero-order valence-electron chi connectivity index (χ0n) is 14.7. The van der Waals surface area contributed by atoms with Crippen molar-refractivity contribution < 1.29 is 24.2 Å². The molecule has 4 rings (SSSR count). The number of rotatable bonds is 5. The molecule has 2 aromatic carbocycles. The number of nitrogens with one attached hydrogen (secondary N) is 1. The van der Waals surface area contributed by atoms with Crippen LogP contribution in [0.5, 0.6) is 0 Å². The summed E-state index contributed by atoms with van der Waals surface area (Å²) in [4.78, 5) is 37.8. The molecule has 0 radical (unpaired) electrons. The van der Waals surface area contributed by atoms with Gasteiger partial charge in [0.25, 0.3) is 0 Å². The number of morpholine rings is 1. The number of carbonyl (C=O) groups is 3. The van der Waals surface area contributed by atoms with E-state index in [1.165, 1.54) is 4.90 Å². The van der Waals surface area contributed by atoms with Gasteiger partial charge in [-0.15, -0.1) is 0 Å². The molecule has 27 heavy (non-hydrogen) atoms. The van der Waals surface area contributed by atoms with E-state index < -0.39 is 17.4 Å². The van der Waals surface area contributed by atoms with Crippen LogP contribution in [0.15, 0.2) is 42.5 Å². The fraction of sp³-hybridized carbons (Fsp3) is 0.350. The SMILES string of the molecule is O=C(Cc1cccc2ccccc12)NCC(=O)N1CC2CC1(C(=O)O)CO2. The summed E-state index contributed by atoms with van der Waals surface area (Å²) in [5.74, 6) is -1.72. The highest BCUT2D eigenvalue weighted by Gasteiger charge is 2.59. The highest BCUT2D eigenvalue weighted by molar-refractivity contribution is 5.93. The summed E-state index contributed by atoms with van der Waals surface area (Å²) in [6.45, 7) is 0.0400. The van der Waals surface area contributed by atoms with Crippen LogP contribution in [0.4, 0.5) is 0 Å². The van der Waals surface area contributed by atoms with Crippen molar-refractivity contribution in [3.05, 3.63) is 48.0 Å². The van der Waals surface area contributed by atoms with Crippen LogP contribution in [0.2, 0.25) is 0 Å². The van der Waals surface area contributed by atoms with E-state index in [1.807, 2.05) is 42.5 Å². The second-order valence-electron chi connectivity index (χ2n) is 7.07. The molecule has 2 aromatic rings. The summed E-state index contributed by atoms with van der Waals surface area (Å²) in [6.07, 6.45) is 0.221. The molecule has 2 N–H and O–H groups in total. The number of hydrogen-bond acceptors (Lipinski definition) is 4. The largest absolute Gasteiger partial charge is 0.479 e. The third kappa shape index (κ3) is 3.04. The highest BCUT2D eigenvalue weighted by Crippen LogP contribution is 2.38. The Labute approximate surface area is 155 Å². The van der Waals surface area contributed by atoms with E-state index in [0.717, 1.165) is 16.3 Å². The van der Waals surface area contributed by atoms with Gasteiger partial charge in [0.15, 0.2) is 5.54 Å². The minimum absolute atomic E-state index is 0.00267. The lowest BCUT2D eigenvalue weighted by atomic mass is 9.99. The standard InChI is InChI=1S/C20H20N2O5/c23-17(8-14-6-3-5-13-4-1-2-7-16(13)14)21-10-18(24)22-11-15-9-20(22,12-27-15)19(25)26/h1-7,15H,8-12H2,(H,21,23)(H,25,26). The molecule has 2 atom stereocenters. The molecule has 0 aliphatic carbocycles. The minimum atomic E-state index is -1.29. The summed E-state index contributed by atoms with van der Waals surface area (Å²) >= 11 is 0. The average molecular weight is 368 g/mol. The first-order chi connectivity index (χ1) is 13.0. The van der Waals surface area contributed by atoms with Crippen LogP contribution in [0.1, 0.15) is 12.0 Å². The number of carboxylic acid groups (broad SMARTS) is 1. The topological polar surface area (TPSA) is 95.9 Å². The Kier molecular flexibility index (Phi) is 4.31. The molecule has 2 aliphatic rings. The van der Waals surface area contributed by atoms with Gasteiger partial charge < -0.3 is 20.1 Å². The number of benzene rings is 2. The summed E-state index contributed by atoms with van der Waals surface area (Å²) in [5.41, 5.74) is -0.407. The lowest BCUT2D eigenvalue weighted by Crippen LogP contribution is -2.58. The van der Waals surface area contributed by atoms with E-state index in [1.54, 1.807) is 0 Å². The van der Waals surface area contributed by atoms with Crippen LogP contribution in [0.3, 0.4) is 0 Å². The maximum Gasteiger partial charge on any atom is 0.332 e. The smallest absolute Gasteiger partial charge is 0.332 e. The van der Waals surface area contributed by atoms with Gasteiger partial charge in [-0.25, -0.2) is 4.79 Å². The van der Waals surface area contributed by atoms with E-state index in [9.17, 15) is 19.5 Å². The van der Waals surface area contributed by atoms with Crippen molar-refractivity contribution >= 4 is 28.6 Å². The van der Waals surface area contributed by atoms with Gasteiger partial charge in [0.1, 0.15) is 0 Å². The zero-order valence-corrected chi connectivity index (χ0v) is 14.7. The van der Waals surface area contributed by atoms with Crippen molar-refractivity contribution in [1.29, 1.82) is 0 Å². The number of fused-ring (bicyclic) bond motifs is 3. The summed E-state index contributed by atoms with van der Waals surface area (Å²) in [5, 5.41) is 14.2. The molecule has 2 bridgehead atoms. The summed E-state index contributed by atoms with van der Waals surface area (Å²) in [6, 6.07) is 13.6. The molecule has 2 unspecified atom stereocenters. The predicted molar refractivity (Wildman–Crippen MR) is 97.1 cm³/mol. The second-order valence-corrected chi connectivity index (χ2v) is 7.07. The Morgan fingerprint density at radius 2 is 1.96 bits per heavy atom. The van der Waals surface area contributed by atoms with Crippen molar-refractivity contribution in [2.45, 2.75) is 24.5 Å². The first-order valence-electron chi connectivity index (χ1n) is 8.88. The number of carbonyl (C=O) groups excluding carboxylic acids is 2. The zero-order chi connectivity index (χ0) is 19.0. The number of carboxylic acids is 1. The van der Waals surface area contributed by atoms with Gasteiger partial charge in [0.2, 0.25) is 11.8 Å². The lowest BCUT2D eigenvalue weighted by Gasteiger charge is -2.34. The van der Waals surface area contributed by atoms with Crippen LogP contribution in [0, 0.1) is 0 Å². The molecule has 2 fully saturated rings. The molecular weight excluding hydrogens is 348 g/mol. The second kappa shape index (κ2) is 6.66. The van der Waals surface area contributed by atoms with Gasteiger partial charge in [0.05, 0.1) is 25.7 Å². The first kappa shape index (κ1) is 17.5. The van der Waals surface area contributed by atoms with Gasteiger partial charge in [-0.2, -0.15) is 0 Å². The van der Waals surface area contributed by atoms with E-state index >= 15 is 0 Å². The first-order valence-corrected chi connectivity index (χ1v) is 8.88. The quantitative estimate of drug-likeness (QED) is 0.819. The molecular formula is C20H20N2O5. The molecule has 140 valence electrons. The number of likely N-dealkylation sites (tertiary alicyclic amines) is 1.